The van der Waals surface area contributed by atoms with Crippen molar-refractivity contribution in [3.63, 3.8) is 0 Å². The molecule has 0 bridgehead atoms. The van der Waals surface area contributed by atoms with Crippen molar-refractivity contribution < 1.29 is 4.42 Å². The minimum atomic E-state index is 0.687. The Hall–Kier alpha value is -6.69. The first-order chi connectivity index (χ1) is 25.8. The van der Waals surface area contributed by atoms with Gasteiger partial charge in [-0.25, -0.2) is 15.0 Å². The molecule has 4 heterocycles. The summed E-state index contributed by atoms with van der Waals surface area (Å²) in [5, 5.41) is 8.17. The van der Waals surface area contributed by atoms with Crippen LogP contribution >= 0.6 is 11.3 Å². The summed E-state index contributed by atoms with van der Waals surface area (Å²) in [6.45, 7) is 0. The fraction of sp³-hybridized carbons (Fsp3) is 0. The van der Waals surface area contributed by atoms with Gasteiger partial charge in [-0.05, 0) is 36.4 Å². The summed E-state index contributed by atoms with van der Waals surface area (Å²) < 4.78 is 8.78. The molecule has 0 aliphatic rings. The predicted molar refractivity (Wildman–Crippen MR) is 217 cm³/mol. The number of hydrogen-bond donors (Lipinski definition) is 0. The number of furan rings is 1. The number of aromatic nitrogens is 3. The van der Waals surface area contributed by atoms with E-state index in [1.54, 1.807) is 0 Å². The third-order valence-corrected chi connectivity index (χ3v) is 11.3. The highest BCUT2D eigenvalue weighted by atomic mass is 32.1. The number of pyridine rings is 1. The molecular weight excluding hydrogens is 655 g/mol. The minimum absolute atomic E-state index is 0.687. The van der Waals surface area contributed by atoms with Crippen molar-refractivity contribution in [3.8, 4) is 45.2 Å². The summed E-state index contributed by atoms with van der Waals surface area (Å²) in [5.74, 6) is 0.687. The fourth-order valence-electron chi connectivity index (χ4n) is 7.68. The maximum atomic E-state index is 6.27. The highest BCUT2D eigenvalue weighted by Crippen LogP contribution is 2.45. The van der Waals surface area contributed by atoms with Crippen LogP contribution in [0.5, 0.6) is 0 Å². The van der Waals surface area contributed by atoms with Crippen LogP contribution in [0.2, 0.25) is 0 Å². The van der Waals surface area contributed by atoms with Crippen LogP contribution in [-0.2, 0) is 0 Å². The monoisotopic (exact) mass is 681 g/mol. The van der Waals surface area contributed by atoms with E-state index < -0.39 is 0 Å². The van der Waals surface area contributed by atoms with Gasteiger partial charge in [0.05, 0.1) is 22.6 Å². The first-order valence-corrected chi connectivity index (χ1v) is 18.2. The molecule has 0 aliphatic carbocycles. The molecule has 5 heteroatoms. The van der Waals surface area contributed by atoms with Crippen molar-refractivity contribution in [1.82, 2.24) is 15.0 Å². The van der Waals surface area contributed by atoms with Gasteiger partial charge >= 0.3 is 0 Å². The average molecular weight is 682 g/mol. The molecule has 4 aromatic heterocycles. The van der Waals surface area contributed by atoms with E-state index in [0.29, 0.717) is 5.82 Å². The average Bonchev–Trinajstić information content (AvgIpc) is 3.79. The van der Waals surface area contributed by atoms with E-state index in [0.717, 1.165) is 72.2 Å². The molecular formula is C47H27N3OS. The van der Waals surface area contributed by atoms with Gasteiger partial charge < -0.3 is 4.42 Å². The number of hydrogen-bond acceptors (Lipinski definition) is 5. The molecule has 0 saturated heterocycles. The molecule has 11 rings (SSSR count). The molecule has 0 radical (unpaired) electrons. The van der Waals surface area contributed by atoms with Gasteiger partial charge in [0.1, 0.15) is 11.2 Å². The third-order valence-electron chi connectivity index (χ3n) is 10.1. The van der Waals surface area contributed by atoms with Crippen LogP contribution in [0.25, 0.3) is 109 Å². The Bertz CT molecular complexity index is 3180. The van der Waals surface area contributed by atoms with Crippen LogP contribution in [0, 0.1) is 0 Å². The minimum Gasteiger partial charge on any atom is -0.456 e. The maximum Gasteiger partial charge on any atom is 0.160 e. The molecule has 0 fully saturated rings. The van der Waals surface area contributed by atoms with Crippen LogP contribution in [-0.4, -0.2) is 15.0 Å². The summed E-state index contributed by atoms with van der Waals surface area (Å²) in [7, 11) is 0. The van der Waals surface area contributed by atoms with Crippen molar-refractivity contribution >= 4 is 75.1 Å². The topological polar surface area (TPSA) is 51.8 Å². The van der Waals surface area contributed by atoms with Crippen LogP contribution in [0.3, 0.4) is 0 Å². The second kappa shape index (κ2) is 11.4. The maximum absolute atomic E-state index is 6.27. The van der Waals surface area contributed by atoms with Gasteiger partial charge in [0, 0.05) is 69.4 Å². The van der Waals surface area contributed by atoms with Crippen LogP contribution in [0.15, 0.2) is 168 Å². The van der Waals surface area contributed by atoms with Crippen molar-refractivity contribution in [1.29, 1.82) is 0 Å². The first kappa shape index (κ1) is 29.1. The third kappa shape index (κ3) is 4.50. The molecule has 242 valence electrons. The van der Waals surface area contributed by atoms with Crippen LogP contribution in [0.4, 0.5) is 0 Å². The second-order valence-electron chi connectivity index (χ2n) is 13.1. The van der Waals surface area contributed by atoms with E-state index in [9.17, 15) is 0 Å². The molecule has 0 N–H and O–H groups in total. The number of rotatable bonds is 4. The lowest BCUT2D eigenvalue weighted by Crippen LogP contribution is -1.96. The largest absolute Gasteiger partial charge is 0.456 e. The lowest BCUT2D eigenvalue weighted by atomic mass is 9.97. The summed E-state index contributed by atoms with van der Waals surface area (Å²) in [4.78, 5) is 15.5. The molecule has 0 aliphatic heterocycles. The van der Waals surface area contributed by atoms with E-state index in [1.165, 1.54) is 30.9 Å². The molecule has 0 spiro atoms. The Morgan fingerprint density at radius 1 is 0.423 bits per heavy atom. The van der Waals surface area contributed by atoms with Crippen LogP contribution in [0.1, 0.15) is 0 Å². The summed E-state index contributed by atoms with van der Waals surface area (Å²) in [6, 6.07) is 57.0. The zero-order chi connectivity index (χ0) is 34.2. The van der Waals surface area contributed by atoms with Crippen molar-refractivity contribution in [2.75, 3.05) is 0 Å². The first-order valence-electron chi connectivity index (χ1n) is 17.4. The Labute approximate surface area is 302 Å². The van der Waals surface area contributed by atoms with Crippen molar-refractivity contribution in [2.24, 2.45) is 0 Å². The van der Waals surface area contributed by atoms with Gasteiger partial charge in [-0.15, -0.1) is 11.3 Å². The van der Waals surface area contributed by atoms with Gasteiger partial charge in [0.2, 0.25) is 0 Å². The van der Waals surface area contributed by atoms with Gasteiger partial charge in [-0.3, -0.25) is 0 Å². The van der Waals surface area contributed by atoms with Crippen LogP contribution < -0.4 is 0 Å². The predicted octanol–water partition coefficient (Wildman–Crippen LogP) is 13.1. The number of nitrogens with zero attached hydrogens (tertiary/aromatic N) is 3. The van der Waals surface area contributed by atoms with E-state index in [4.69, 9.17) is 19.4 Å². The van der Waals surface area contributed by atoms with Crippen molar-refractivity contribution in [2.45, 2.75) is 0 Å². The molecule has 0 amide bonds. The summed E-state index contributed by atoms with van der Waals surface area (Å²) in [6.07, 6.45) is 0. The highest BCUT2D eigenvalue weighted by molar-refractivity contribution is 7.26. The summed E-state index contributed by atoms with van der Waals surface area (Å²) in [5.41, 5.74) is 9.60. The highest BCUT2D eigenvalue weighted by Gasteiger charge is 2.19. The Morgan fingerprint density at radius 2 is 1.13 bits per heavy atom. The van der Waals surface area contributed by atoms with E-state index in [-0.39, 0.29) is 0 Å². The van der Waals surface area contributed by atoms with Crippen molar-refractivity contribution in [3.05, 3.63) is 164 Å². The van der Waals surface area contributed by atoms with Gasteiger partial charge in [-0.1, -0.05) is 127 Å². The smallest absolute Gasteiger partial charge is 0.160 e. The lowest BCUT2D eigenvalue weighted by molar-refractivity contribution is 0.669. The normalized spacial score (nSPS) is 11.8. The van der Waals surface area contributed by atoms with E-state index >= 15 is 0 Å². The standard InChI is InChI=1S/C47H27N3OS/c1-3-12-28(13-4-1)45-35-24-23-31-36-26-30(22-25-42(36)52-46(31)44(35)32-16-7-9-19-37(32)48-45)38-27-39(50-47(49-38)29-14-5-2-6-15-29)33-18-11-21-41-43(33)34-17-8-10-20-40(34)51-41/h1-27H. The molecule has 7 aromatic carbocycles. The molecule has 11 aromatic rings. The molecule has 4 nitrogen and oxygen atoms in total. The number of fused-ring (bicyclic) bond motifs is 10. The number of para-hydroxylation sites is 2. The quantitative estimate of drug-likeness (QED) is 0.174. The second-order valence-corrected chi connectivity index (χ2v) is 14.2. The Kier molecular flexibility index (Phi) is 6.39. The van der Waals surface area contributed by atoms with Gasteiger partial charge in [0.25, 0.3) is 0 Å². The zero-order valence-corrected chi connectivity index (χ0v) is 28.6. The molecule has 52 heavy (non-hydrogen) atoms. The molecule has 0 unspecified atom stereocenters. The van der Waals surface area contributed by atoms with E-state index in [2.05, 4.69) is 121 Å². The molecule has 0 saturated carbocycles. The zero-order valence-electron chi connectivity index (χ0n) is 27.7. The lowest BCUT2D eigenvalue weighted by Gasteiger charge is -2.11. The Morgan fingerprint density at radius 3 is 2.00 bits per heavy atom. The van der Waals surface area contributed by atoms with Gasteiger partial charge in [-0.2, -0.15) is 0 Å². The van der Waals surface area contributed by atoms with Gasteiger partial charge in [0.15, 0.2) is 5.82 Å². The SMILES string of the molecule is c1ccc(-c2nc(-c3ccc4sc5c(ccc6c(-c7ccccc7)nc7ccccc7c65)c4c3)cc(-c3cccc4oc5ccccc5c34)n2)cc1. The summed E-state index contributed by atoms with van der Waals surface area (Å²) >= 11 is 1.85. The Balaban J connectivity index is 1.15. The number of benzene rings is 7. The number of thiophene rings is 1. The molecule has 0 atom stereocenters. The fourth-order valence-corrected chi connectivity index (χ4v) is 8.93. The van der Waals surface area contributed by atoms with E-state index in [1.807, 2.05) is 53.8 Å².